The summed E-state index contributed by atoms with van der Waals surface area (Å²) in [5.41, 5.74) is 6.29. The van der Waals surface area contributed by atoms with E-state index < -0.39 is 0 Å². The van der Waals surface area contributed by atoms with E-state index in [1.54, 1.807) is 7.11 Å². The average Bonchev–Trinajstić information content (AvgIpc) is 3.40. The zero-order chi connectivity index (χ0) is 30.5. The fraction of sp³-hybridized carbons (Fsp3) is 0.324. The van der Waals surface area contributed by atoms with Crippen molar-refractivity contribution in [2.24, 2.45) is 5.92 Å². The highest BCUT2D eigenvalue weighted by Crippen LogP contribution is 2.34. The van der Waals surface area contributed by atoms with E-state index in [9.17, 15) is 4.79 Å². The summed E-state index contributed by atoms with van der Waals surface area (Å²) < 4.78 is 14.1. The summed E-state index contributed by atoms with van der Waals surface area (Å²) in [5, 5.41) is 1.78. The van der Waals surface area contributed by atoms with Gasteiger partial charge in [0.2, 0.25) is 0 Å². The number of carbonyl (C=O) groups is 1. The number of hydrogen-bond donors (Lipinski definition) is 0. The van der Waals surface area contributed by atoms with E-state index >= 15 is 0 Å². The van der Waals surface area contributed by atoms with Crippen LogP contribution < -0.4 is 4.74 Å². The largest absolute Gasteiger partial charge is 0.489 e. The SMILES string of the molecule is C=CC/C=C(\C(=C/COC)COc1ccc(-c2cc3cc(C=O)ccc3n2C(C)CCC)cc1)C(C)/C=C\C(Cl)=C/C. The van der Waals surface area contributed by atoms with Crippen molar-refractivity contribution in [2.45, 2.75) is 53.0 Å². The molecule has 2 aromatic carbocycles. The van der Waals surface area contributed by atoms with Gasteiger partial charge in [-0.05, 0) is 104 Å². The molecule has 0 spiro atoms. The summed E-state index contributed by atoms with van der Waals surface area (Å²) in [5.74, 6) is 0.914. The molecule has 2 unspecified atom stereocenters. The Bertz CT molecular complexity index is 1460. The number of rotatable bonds is 16. The zero-order valence-corrected chi connectivity index (χ0v) is 26.4. The summed E-state index contributed by atoms with van der Waals surface area (Å²) in [6, 6.07) is 16.7. The maximum atomic E-state index is 11.4. The van der Waals surface area contributed by atoms with Crippen molar-refractivity contribution in [3.8, 4) is 17.0 Å². The van der Waals surface area contributed by atoms with Crippen LogP contribution in [0.5, 0.6) is 5.75 Å². The molecule has 0 radical (unpaired) electrons. The Balaban J connectivity index is 1.89. The zero-order valence-electron chi connectivity index (χ0n) is 25.6. The number of fused-ring (bicyclic) bond motifs is 1. The van der Waals surface area contributed by atoms with E-state index in [1.807, 2.05) is 49.4 Å². The summed E-state index contributed by atoms with van der Waals surface area (Å²) in [6.45, 7) is 13.3. The molecule has 3 aromatic rings. The molecule has 0 aliphatic rings. The molecule has 222 valence electrons. The molecule has 0 amide bonds. The normalized spacial score (nSPS) is 14.4. The van der Waals surface area contributed by atoms with E-state index in [-0.39, 0.29) is 5.92 Å². The molecule has 3 rings (SSSR count). The molecule has 0 aliphatic carbocycles. The smallest absolute Gasteiger partial charge is 0.150 e. The van der Waals surface area contributed by atoms with Crippen LogP contribution in [-0.2, 0) is 4.74 Å². The van der Waals surface area contributed by atoms with Crippen LogP contribution in [0.4, 0.5) is 0 Å². The number of benzene rings is 2. The van der Waals surface area contributed by atoms with Gasteiger partial charge in [0.15, 0.2) is 0 Å². The van der Waals surface area contributed by atoms with Crippen LogP contribution in [0.25, 0.3) is 22.2 Å². The first-order valence-corrected chi connectivity index (χ1v) is 15.1. The highest BCUT2D eigenvalue weighted by Gasteiger charge is 2.17. The van der Waals surface area contributed by atoms with Crippen molar-refractivity contribution in [1.82, 2.24) is 4.57 Å². The molecule has 1 aromatic heterocycles. The maximum absolute atomic E-state index is 11.4. The van der Waals surface area contributed by atoms with Gasteiger partial charge in [-0.2, -0.15) is 0 Å². The van der Waals surface area contributed by atoms with Gasteiger partial charge in [-0.15, -0.1) is 6.58 Å². The highest BCUT2D eigenvalue weighted by atomic mass is 35.5. The summed E-state index contributed by atoms with van der Waals surface area (Å²) in [7, 11) is 1.69. The molecule has 0 bridgehead atoms. The molecular weight excluding hydrogens is 542 g/mol. The molecule has 0 N–H and O–H groups in total. The molecule has 0 saturated carbocycles. The van der Waals surface area contributed by atoms with Crippen LogP contribution in [-0.4, -0.2) is 31.2 Å². The highest BCUT2D eigenvalue weighted by molar-refractivity contribution is 6.31. The molecule has 2 atom stereocenters. The summed E-state index contributed by atoms with van der Waals surface area (Å²) >= 11 is 6.22. The Morgan fingerprint density at radius 1 is 1.10 bits per heavy atom. The fourth-order valence-electron chi connectivity index (χ4n) is 5.15. The number of allylic oxidation sites excluding steroid dienone is 6. The topological polar surface area (TPSA) is 40.5 Å². The third-order valence-corrected chi connectivity index (χ3v) is 7.72. The fourth-order valence-corrected chi connectivity index (χ4v) is 5.23. The molecule has 5 heteroatoms. The lowest BCUT2D eigenvalue weighted by atomic mass is 9.92. The molecular formula is C37H44ClNO3. The van der Waals surface area contributed by atoms with Crippen molar-refractivity contribution in [1.29, 1.82) is 0 Å². The van der Waals surface area contributed by atoms with E-state index in [2.05, 4.69) is 74.4 Å². The van der Waals surface area contributed by atoms with Gasteiger partial charge in [0.25, 0.3) is 0 Å². The Hall–Kier alpha value is -3.60. The monoisotopic (exact) mass is 585 g/mol. The maximum Gasteiger partial charge on any atom is 0.150 e. The molecule has 0 aliphatic heterocycles. The minimum Gasteiger partial charge on any atom is -0.489 e. The first kappa shape index (κ1) is 32.9. The van der Waals surface area contributed by atoms with Crippen molar-refractivity contribution in [3.63, 3.8) is 0 Å². The number of methoxy groups -OCH3 is 1. The minimum absolute atomic E-state index is 0.125. The Labute approximate surface area is 256 Å². The van der Waals surface area contributed by atoms with E-state index in [0.29, 0.717) is 29.9 Å². The van der Waals surface area contributed by atoms with E-state index in [1.165, 1.54) is 0 Å². The predicted molar refractivity (Wildman–Crippen MR) is 179 cm³/mol. The van der Waals surface area contributed by atoms with Crippen molar-refractivity contribution in [2.75, 3.05) is 20.3 Å². The molecule has 4 nitrogen and oxygen atoms in total. The van der Waals surface area contributed by atoms with Gasteiger partial charge < -0.3 is 14.0 Å². The van der Waals surface area contributed by atoms with Gasteiger partial charge in [-0.1, -0.05) is 62.2 Å². The Morgan fingerprint density at radius 2 is 1.86 bits per heavy atom. The number of nitrogens with zero attached hydrogens (tertiary/aromatic N) is 1. The number of ether oxygens (including phenoxy) is 2. The number of hydrogen-bond acceptors (Lipinski definition) is 3. The van der Waals surface area contributed by atoms with E-state index in [0.717, 1.165) is 64.6 Å². The van der Waals surface area contributed by atoms with Crippen LogP contribution in [0.1, 0.15) is 63.4 Å². The van der Waals surface area contributed by atoms with Gasteiger partial charge in [0.05, 0.1) is 6.61 Å². The van der Waals surface area contributed by atoms with Gasteiger partial charge in [-0.3, -0.25) is 4.79 Å². The molecule has 42 heavy (non-hydrogen) atoms. The van der Waals surface area contributed by atoms with Crippen molar-refractivity contribution >= 4 is 28.8 Å². The van der Waals surface area contributed by atoms with Crippen LogP contribution >= 0.6 is 11.6 Å². The van der Waals surface area contributed by atoms with Crippen LogP contribution in [0.15, 0.2) is 108 Å². The quantitative estimate of drug-likeness (QED) is 0.0953. The second kappa shape index (κ2) is 16.7. The number of aldehydes is 1. The van der Waals surface area contributed by atoms with Gasteiger partial charge in [0, 0.05) is 40.3 Å². The Morgan fingerprint density at radius 3 is 2.50 bits per heavy atom. The Kier molecular flexibility index (Phi) is 13.1. The van der Waals surface area contributed by atoms with Gasteiger partial charge in [-0.25, -0.2) is 0 Å². The lowest BCUT2D eigenvalue weighted by Crippen LogP contribution is -2.10. The lowest BCUT2D eigenvalue weighted by Gasteiger charge is -2.19. The third-order valence-electron chi connectivity index (χ3n) is 7.37. The van der Waals surface area contributed by atoms with Crippen LogP contribution in [0, 0.1) is 5.92 Å². The lowest BCUT2D eigenvalue weighted by molar-refractivity contribution is 0.112. The second-order valence-electron chi connectivity index (χ2n) is 10.5. The van der Waals surface area contributed by atoms with Crippen molar-refractivity contribution in [3.05, 3.63) is 113 Å². The van der Waals surface area contributed by atoms with Gasteiger partial charge in [0.1, 0.15) is 18.6 Å². The predicted octanol–water partition coefficient (Wildman–Crippen LogP) is 10.3. The number of halogens is 1. The minimum atomic E-state index is 0.125. The van der Waals surface area contributed by atoms with Crippen LogP contribution in [0.3, 0.4) is 0 Å². The number of carbonyl (C=O) groups excluding carboxylic acids is 1. The van der Waals surface area contributed by atoms with Crippen LogP contribution in [0.2, 0.25) is 0 Å². The number of aromatic nitrogens is 1. The third kappa shape index (κ3) is 8.70. The summed E-state index contributed by atoms with van der Waals surface area (Å²) in [4.78, 5) is 11.4. The standard InChI is InChI=1S/C37H44ClNO3/c1-7-10-12-35(27(4)13-17-33(38)9-3)31(21-22-41-6)26-42-34-18-15-30(16-19-34)37-24-32-23-29(25-40)14-20-36(32)39(37)28(5)11-8-2/h7,9,12-21,23-25,27-28H,1,8,10-11,22,26H2,2-6H3/b17-13-,31-21-,33-9+,35-12-. The second-order valence-corrected chi connectivity index (χ2v) is 10.9. The average molecular weight is 586 g/mol. The molecule has 0 fully saturated rings. The van der Waals surface area contributed by atoms with E-state index in [4.69, 9.17) is 21.1 Å². The first-order chi connectivity index (χ1) is 20.4. The molecule has 1 heterocycles. The first-order valence-electron chi connectivity index (χ1n) is 14.7. The van der Waals surface area contributed by atoms with Gasteiger partial charge >= 0.3 is 0 Å². The van der Waals surface area contributed by atoms with Crippen molar-refractivity contribution < 1.29 is 14.3 Å². The molecule has 0 saturated heterocycles. The summed E-state index contributed by atoms with van der Waals surface area (Å²) in [6.07, 6.45) is 15.9.